The predicted octanol–water partition coefficient (Wildman–Crippen LogP) is 3.82. The molecule has 5 heteroatoms. The fourth-order valence-corrected chi connectivity index (χ4v) is 3.80. The highest BCUT2D eigenvalue weighted by molar-refractivity contribution is 5.78. The zero-order chi connectivity index (χ0) is 18.2. The van der Waals surface area contributed by atoms with Gasteiger partial charge in [-0.25, -0.2) is 0 Å². The van der Waals surface area contributed by atoms with Gasteiger partial charge < -0.3 is 4.90 Å². The van der Waals surface area contributed by atoms with E-state index in [9.17, 15) is 0 Å². The van der Waals surface area contributed by atoms with E-state index < -0.39 is 0 Å². The molecule has 5 nitrogen and oxygen atoms in total. The highest BCUT2D eigenvalue weighted by Gasteiger charge is 2.38. The predicted molar refractivity (Wildman–Crippen MR) is 111 cm³/mol. The van der Waals surface area contributed by atoms with Gasteiger partial charge in [-0.2, -0.15) is 0 Å². The number of hydrogen-bond acceptors (Lipinski definition) is 5. The van der Waals surface area contributed by atoms with Gasteiger partial charge in [0.05, 0.1) is 31.0 Å². The third-order valence-corrected chi connectivity index (χ3v) is 4.90. The molecule has 0 saturated carbocycles. The molecule has 0 N–H and O–H groups in total. The molecule has 2 unspecified atom stereocenters. The van der Waals surface area contributed by atoms with Crippen LogP contribution >= 0.6 is 0 Å². The SMILES string of the molecule is C=N/C=C\C=NCCN=C/C(=C\N=C)N1CC2CCC1c1ccccc12. The highest BCUT2D eigenvalue weighted by atomic mass is 15.2. The molecule has 2 aliphatic heterocycles. The molecular weight excluding hydrogens is 322 g/mol. The molecule has 4 rings (SSSR count). The molecule has 0 amide bonds. The van der Waals surface area contributed by atoms with Crippen LogP contribution in [0.5, 0.6) is 0 Å². The summed E-state index contributed by atoms with van der Waals surface area (Å²) in [4.78, 5) is 18.8. The van der Waals surface area contributed by atoms with Crippen LogP contribution in [-0.2, 0) is 0 Å². The molecule has 1 aliphatic carbocycles. The van der Waals surface area contributed by atoms with Crippen molar-refractivity contribution in [2.45, 2.75) is 24.8 Å². The number of nitrogens with zero attached hydrogens (tertiary/aromatic N) is 5. The average molecular weight is 347 g/mol. The number of rotatable bonds is 8. The zero-order valence-corrected chi connectivity index (χ0v) is 15.0. The summed E-state index contributed by atoms with van der Waals surface area (Å²) in [5.41, 5.74) is 3.99. The minimum atomic E-state index is 0.408. The number of aliphatic imine (C=N–C) groups is 4. The van der Waals surface area contributed by atoms with E-state index in [1.165, 1.54) is 24.0 Å². The second-order valence-corrected chi connectivity index (χ2v) is 6.42. The Hall–Kier alpha value is -2.82. The molecule has 1 fully saturated rings. The molecule has 0 spiro atoms. The summed E-state index contributed by atoms with van der Waals surface area (Å²) in [6.07, 6.45) is 11.2. The van der Waals surface area contributed by atoms with Crippen LogP contribution < -0.4 is 0 Å². The Balaban J connectivity index is 1.66. The molecule has 0 radical (unpaired) electrons. The smallest absolute Gasteiger partial charge is 0.0738 e. The Morgan fingerprint density at radius 3 is 2.69 bits per heavy atom. The van der Waals surface area contributed by atoms with E-state index in [-0.39, 0.29) is 0 Å². The van der Waals surface area contributed by atoms with Crippen molar-refractivity contribution in [2.75, 3.05) is 19.6 Å². The average Bonchev–Trinajstić information content (AvgIpc) is 2.69. The summed E-state index contributed by atoms with van der Waals surface area (Å²) >= 11 is 0. The minimum Gasteiger partial charge on any atom is -0.361 e. The van der Waals surface area contributed by atoms with Gasteiger partial charge in [-0.15, -0.1) is 0 Å². The van der Waals surface area contributed by atoms with Crippen LogP contribution in [0.1, 0.15) is 35.9 Å². The summed E-state index contributed by atoms with van der Waals surface area (Å²) in [7, 11) is 0. The Morgan fingerprint density at radius 2 is 1.88 bits per heavy atom. The van der Waals surface area contributed by atoms with Crippen molar-refractivity contribution < 1.29 is 0 Å². The van der Waals surface area contributed by atoms with Crippen molar-refractivity contribution in [3.63, 3.8) is 0 Å². The standard InChI is InChI=1S/C21H25N5/c1-22-10-5-11-24-12-13-25-15-18(14-23-2)26-16-17-8-9-21(26)20-7-4-3-6-19(17)20/h3-7,10-11,14-15,17,21H,1-2,8-9,12-13,16H2/b10-5-,18-14+,24-11?,25-15?. The summed E-state index contributed by atoms with van der Waals surface area (Å²) in [6, 6.07) is 9.23. The van der Waals surface area contributed by atoms with E-state index in [2.05, 4.69) is 62.6 Å². The monoisotopic (exact) mass is 347 g/mol. The first kappa shape index (κ1) is 18.0. The minimum absolute atomic E-state index is 0.408. The molecule has 26 heavy (non-hydrogen) atoms. The van der Waals surface area contributed by atoms with Crippen molar-refractivity contribution in [3.8, 4) is 0 Å². The van der Waals surface area contributed by atoms with Gasteiger partial charge in [-0.05, 0) is 43.5 Å². The van der Waals surface area contributed by atoms with Crippen LogP contribution in [0, 0.1) is 0 Å². The van der Waals surface area contributed by atoms with Gasteiger partial charge in [0.1, 0.15) is 0 Å². The van der Waals surface area contributed by atoms with Crippen molar-refractivity contribution in [3.05, 3.63) is 59.6 Å². The van der Waals surface area contributed by atoms with E-state index in [4.69, 9.17) is 0 Å². The summed E-state index contributed by atoms with van der Waals surface area (Å²) in [5, 5.41) is 0. The van der Waals surface area contributed by atoms with Gasteiger partial charge in [0, 0.05) is 31.1 Å². The highest BCUT2D eigenvalue weighted by Crippen LogP contribution is 2.47. The van der Waals surface area contributed by atoms with Crippen LogP contribution in [0.25, 0.3) is 0 Å². The molecular formula is C21H25N5. The van der Waals surface area contributed by atoms with Gasteiger partial charge in [-0.1, -0.05) is 24.3 Å². The fraction of sp³-hybridized carbons (Fsp3) is 0.333. The van der Waals surface area contributed by atoms with Crippen molar-refractivity contribution >= 4 is 25.9 Å². The second kappa shape index (κ2) is 9.04. The van der Waals surface area contributed by atoms with E-state index in [0.717, 1.165) is 12.2 Å². The molecule has 134 valence electrons. The van der Waals surface area contributed by atoms with Crippen LogP contribution in [0.4, 0.5) is 0 Å². The number of fused-ring (bicyclic) bond motifs is 2. The third-order valence-electron chi connectivity index (χ3n) is 4.90. The van der Waals surface area contributed by atoms with Crippen LogP contribution in [0.15, 0.2) is 68.4 Å². The Kier molecular flexibility index (Phi) is 6.25. The van der Waals surface area contributed by atoms with E-state index in [1.807, 2.05) is 12.4 Å². The topological polar surface area (TPSA) is 52.7 Å². The first-order valence-corrected chi connectivity index (χ1v) is 8.97. The van der Waals surface area contributed by atoms with Crippen molar-refractivity contribution in [1.82, 2.24) is 4.90 Å². The normalized spacial score (nSPS) is 22.5. The molecule has 2 atom stereocenters. The maximum atomic E-state index is 4.53. The summed E-state index contributed by atoms with van der Waals surface area (Å²) in [5.74, 6) is 0.590. The third kappa shape index (κ3) is 4.04. The number of allylic oxidation sites excluding steroid dienone is 2. The zero-order valence-electron chi connectivity index (χ0n) is 15.0. The van der Waals surface area contributed by atoms with Gasteiger partial charge in [0.25, 0.3) is 0 Å². The fourth-order valence-electron chi connectivity index (χ4n) is 3.80. The molecule has 1 saturated heterocycles. The van der Waals surface area contributed by atoms with Gasteiger partial charge in [-0.3, -0.25) is 20.0 Å². The summed E-state index contributed by atoms with van der Waals surface area (Å²) in [6.45, 7) is 9.30. The molecule has 2 heterocycles. The lowest BCUT2D eigenvalue weighted by molar-refractivity contribution is 0.162. The lowest BCUT2D eigenvalue weighted by atomic mass is 9.75. The van der Waals surface area contributed by atoms with E-state index in [1.54, 1.807) is 18.5 Å². The first-order valence-electron chi connectivity index (χ1n) is 8.97. The van der Waals surface area contributed by atoms with Crippen LogP contribution in [0.2, 0.25) is 0 Å². The van der Waals surface area contributed by atoms with Crippen molar-refractivity contribution in [2.24, 2.45) is 20.0 Å². The maximum Gasteiger partial charge on any atom is 0.0738 e. The number of hydrogen-bond donors (Lipinski definition) is 0. The molecule has 0 aromatic heterocycles. The molecule has 3 aliphatic rings. The van der Waals surface area contributed by atoms with Crippen LogP contribution in [0.3, 0.4) is 0 Å². The Morgan fingerprint density at radius 1 is 1.08 bits per heavy atom. The lowest BCUT2D eigenvalue weighted by Gasteiger charge is -2.48. The lowest BCUT2D eigenvalue weighted by Crippen LogP contribution is -2.42. The quantitative estimate of drug-likeness (QED) is 0.521. The second-order valence-electron chi connectivity index (χ2n) is 6.42. The van der Waals surface area contributed by atoms with E-state index in [0.29, 0.717) is 25.0 Å². The van der Waals surface area contributed by atoms with Gasteiger partial charge in [0.2, 0.25) is 0 Å². The molecule has 1 aromatic rings. The summed E-state index contributed by atoms with van der Waals surface area (Å²) < 4.78 is 0. The maximum absolute atomic E-state index is 4.53. The van der Waals surface area contributed by atoms with Gasteiger partial charge in [0.15, 0.2) is 0 Å². The largest absolute Gasteiger partial charge is 0.361 e. The Bertz CT molecular complexity index is 759. The Labute approximate surface area is 155 Å². The molecule has 2 bridgehead atoms. The number of benzene rings is 1. The van der Waals surface area contributed by atoms with E-state index >= 15 is 0 Å². The number of piperidine rings is 1. The van der Waals surface area contributed by atoms with Crippen molar-refractivity contribution in [1.29, 1.82) is 0 Å². The van der Waals surface area contributed by atoms with Crippen LogP contribution in [-0.4, -0.2) is 50.4 Å². The first-order chi connectivity index (χ1) is 12.8. The molecule has 1 aromatic carbocycles. The van der Waals surface area contributed by atoms with Gasteiger partial charge >= 0.3 is 0 Å².